The molecule has 2 nitrogen and oxygen atoms in total. The number of hydrogen-bond donors (Lipinski definition) is 2. The van der Waals surface area contributed by atoms with E-state index in [1.165, 1.54) is 44.9 Å². The average molecular weight is 235 g/mol. The third kappa shape index (κ3) is 2.74. The molecular weight excluding hydrogens is 210 g/mol. The summed E-state index contributed by atoms with van der Waals surface area (Å²) in [4.78, 5) is 0. The molecule has 2 N–H and O–H groups in total. The third-order valence-electron chi connectivity index (χ3n) is 4.82. The van der Waals surface area contributed by atoms with E-state index in [-0.39, 0.29) is 6.10 Å². The number of aliphatic hydroxyl groups is 1. The van der Waals surface area contributed by atoms with Crippen molar-refractivity contribution in [3.05, 3.63) is 11.1 Å². The molecule has 1 fully saturated rings. The van der Waals surface area contributed by atoms with Crippen LogP contribution in [0, 0.1) is 0 Å². The zero-order valence-electron chi connectivity index (χ0n) is 10.8. The van der Waals surface area contributed by atoms with Gasteiger partial charge in [-0.25, -0.2) is 0 Å². The number of aliphatic hydroxyl groups excluding tert-OH is 1. The zero-order chi connectivity index (χ0) is 11.7. The van der Waals surface area contributed by atoms with Gasteiger partial charge in [-0.15, -0.1) is 0 Å². The van der Waals surface area contributed by atoms with Gasteiger partial charge in [0.2, 0.25) is 0 Å². The Bertz CT molecular complexity index is 304. The molecule has 2 atom stereocenters. The standard InChI is InChI=1S/C15H25NO/c17-15-7-6-11-8-14(9-12(11)10-15)16-13-4-2-1-3-5-13/h13-17H,1-10H2/t14-,15+/m1/s1. The number of nitrogens with one attached hydrogen (secondary N) is 1. The van der Waals surface area contributed by atoms with E-state index in [1.54, 1.807) is 11.1 Å². The molecule has 3 aliphatic carbocycles. The highest BCUT2D eigenvalue weighted by Crippen LogP contribution is 2.37. The van der Waals surface area contributed by atoms with Crippen LogP contribution in [-0.4, -0.2) is 23.3 Å². The van der Waals surface area contributed by atoms with Crippen molar-refractivity contribution in [1.29, 1.82) is 0 Å². The molecule has 0 amide bonds. The molecule has 0 unspecified atom stereocenters. The molecule has 2 heteroatoms. The van der Waals surface area contributed by atoms with E-state index in [0.717, 1.165) is 25.3 Å². The molecule has 17 heavy (non-hydrogen) atoms. The number of hydrogen-bond acceptors (Lipinski definition) is 2. The van der Waals surface area contributed by atoms with Crippen molar-refractivity contribution in [2.75, 3.05) is 0 Å². The average Bonchev–Trinajstić information content (AvgIpc) is 2.71. The molecule has 0 aliphatic heterocycles. The summed E-state index contributed by atoms with van der Waals surface area (Å²) in [7, 11) is 0. The minimum absolute atomic E-state index is 0.0535. The topological polar surface area (TPSA) is 32.3 Å². The van der Waals surface area contributed by atoms with E-state index in [2.05, 4.69) is 5.32 Å². The Morgan fingerprint density at radius 2 is 1.59 bits per heavy atom. The van der Waals surface area contributed by atoms with Crippen molar-refractivity contribution < 1.29 is 5.11 Å². The summed E-state index contributed by atoms with van der Waals surface area (Å²) in [5.74, 6) is 0. The van der Waals surface area contributed by atoms with Gasteiger partial charge in [0.25, 0.3) is 0 Å². The minimum atomic E-state index is -0.0535. The first kappa shape index (κ1) is 11.7. The highest BCUT2D eigenvalue weighted by molar-refractivity contribution is 5.26. The van der Waals surface area contributed by atoms with Crippen molar-refractivity contribution in [3.8, 4) is 0 Å². The van der Waals surface area contributed by atoms with E-state index < -0.39 is 0 Å². The molecule has 0 aromatic carbocycles. The van der Waals surface area contributed by atoms with Crippen LogP contribution < -0.4 is 5.32 Å². The maximum atomic E-state index is 9.71. The zero-order valence-corrected chi connectivity index (χ0v) is 10.8. The second kappa shape index (κ2) is 5.11. The van der Waals surface area contributed by atoms with Crippen LogP contribution in [0.5, 0.6) is 0 Å². The molecule has 0 heterocycles. The first-order valence-corrected chi connectivity index (χ1v) is 7.45. The fourth-order valence-corrected chi connectivity index (χ4v) is 3.91. The number of rotatable bonds is 2. The quantitative estimate of drug-likeness (QED) is 0.721. The predicted octanol–water partition coefficient (Wildman–Crippen LogP) is 2.91. The van der Waals surface area contributed by atoms with Crippen molar-refractivity contribution in [2.45, 2.75) is 82.4 Å². The minimum Gasteiger partial charge on any atom is -0.393 e. The van der Waals surface area contributed by atoms with Crippen molar-refractivity contribution in [1.82, 2.24) is 5.32 Å². The lowest BCUT2D eigenvalue weighted by Gasteiger charge is -2.26. The van der Waals surface area contributed by atoms with Gasteiger partial charge in [-0.1, -0.05) is 30.4 Å². The fourth-order valence-electron chi connectivity index (χ4n) is 3.91. The van der Waals surface area contributed by atoms with E-state index in [9.17, 15) is 5.11 Å². The molecule has 0 radical (unpaired) electrons. The maximum Gasteiger partial charge on any atom is 0.0580 e. The monoisotopic (exact) mass is 235 g/mol. The molecule has 0 spiro atoms. The fraction of sp³-hybridized carbons (Fsp3) is 0.867. The Balaban J connectivity index is 1.52. The Labute approximate surface area is 104 Å². The summed E-state index contributed by atoms with van der Waals surface area (Å²) >= 11 is 0. The van der Waals surface area contributed by atoms with Crippen LogP contribution in [0.15, 0.2) is 11.1 Å². The lowest BCUT2D eigenvalue weighted by atomic mass is 9.92. The molecule has 1 saturated carbocycles. The van der Waals surface area contributed by atoms with Gasteiger partial charge < -0.3 is 10.4 Å². The molecule has 3 aliphatic rings. The lowest BCUT2D eigenvalue weighted by molar-refractivity contribution is 0.158. The Morgan fingerprint density at radius 3 is 2.41 bits per heavy atom. The summed E-state index contributed by atoms with van der Waals surface area (Å²) in [6, 6.07) is 1.47. The van der Waals surface area contributed by atoms with Gasteiger partial charge in [-0.2, -0.15) is 0 Å². The highest BCUT2D eigenvalue weighted by Gasteiger charge is 2.30. The third-order valence-corrected chi connectivity index (χ3v) is 4.82. The van der Waals surface area contributed by atoms with Gasteiger partial charge >= 0.3 is 0 Å². The normalized spacial score (nSPS) is 35.1. The lowest BCUT2D eigenvalue weighted by Crippen LogP contribution is -2.38. The molecular formula is C15H25NO. The van der Waals surface area contributed by atoms with Gasteiger partial charge in [0.05, 0.1) is 6.10 Å². The van der Waals surface area contributed by atoms with Crippen LogP contribution in [0.4, 0.5) is 0 Å². The maximum absolute atomic E-state index is 9.71. The van der Waals surface area contributed by atoms with Crippen molar-refractivity contribution in [3.63, 3.8) is 0 Å². The van der Waals surface area contributed by atoms with Crippen LogP contribution in [0.25, 0.3) is 0 Å². The first-order valence-electron chi connectivity index (χ1n) is 7.45. The second-order valence-electron chi connectivity index (χ2n) is 6.21. The molecule has 0 aromatic heterocycles. The largest absolute Gasteiger partial charge is 0.393 e. The van der Waals surface area contributed by atoms with Gasteiger partial charge in [0, 0.05) is 12.1 Å². The molecule has 0 bridgehead atoms. The van der Waals surface area contributed by atoms with Crippen molar-refractivity contribution in [2.24, 2.45) is 0 Å². The SMILES string of the molecule is O[C@H]1CCC2=C(C1)C[C@H](NC1CCCCC1)C2. The summed E-state index contributed by atoms with van der Waals surface area (Å²) in [5.41, 5.74) is 3.25. The summed E-state index contributed by atoms with van der Waals surface area (Å²) in [5, 5.41) is 13.6. The Morgan fingerprint density at radius 1 is 0.824 bits per heavy atom. The van der Waals surface area contributed by atoms with Crippen LogP contribution in [0.3, 0.4) is 0 Å². The molecule has 0 saturated heterocycles. The smallest absolute Gasteiger partial charge is 0.0580 e. The summed E-state index contributed by atoms with van der Waals surface area (Å²) in [6.45, 7) is 0. The van der Waals surface area contributed by atoms with Crippen LogP contribution in [-0.2, 0) is 0 Å². The van der Waals surface area contributed by atoms with Gasteiger partial charge in [0.1, 0.15) is 0 Å². The first-order chi connectivity index (χ1) is 8.31. The van der Waals surface area contributed by atoms with Crippen LogP contribution in [0.2, 0.25) is 0 Å². The highest BCUT2D eigenvalue weighted by atomic mass is 16.3. The van der Waals surface area contributed by atoms with E-state index >= 15 is 0 Å². The second-order valence-corrected chi connectivity index (χ2v) is 6.21. The molecule has 0 aromatic rings. The Kier molecular flexibility index (Phi) is 3.53. The van der Waals surface area contributed by atoms with Crippen molar-refractivity contribution >= 4 is 0 Å². The predicted molar refractivity (Wildman–Crippen MR) is 69.9 cm³/mol. The van der Waals surface area contributed by atoms with Gasteiger partial charge in [0.15, 0.2) is 0 Å². The van der Waals surface area contributed by atoms with Crippen LogP contribution >= 0.6 is 0 Å². The van der Waals surface area contributed by atoms with E-state index in [0.29, 0.717) is 6.04 Å². The van der Waals surface area contributed by atoms with Crippen LogP contribution in [0.1, 0.15) is 64.2 Å². The molecule has 3 rings (SSSR count). The van der Waals surface area contributed by atoms with Gasteiger partial charge in [-0.3, -0.25) is 0 Å². The molecule has 96 valence electrons. The van der Waals surface area contributed by atoms with E-state index in [4.69, 9.17) is 0 Å². The Hall–Kier alpha value is -0.340. The summed E-state index contributed by atoms with van der Waals surface area (Å²) < 4.78 is 0. The summed E-state index contributed by atoms with van der Waals surface area (Å²) in [6.07, 6.45) is 12.5. The van der Waals surface area contributed by atoms with E-state index in [1.807, 2.05) is 0 Å². The van der Waals surface area contributed by atoms with Gasteiger partial charge in [-0.05, 0) is 44.9 Å².